The number of halogens is 2. The summed E-state index contributed by atoms with van der Waals surface area (Å²) in [5.41, 5.74) is -1.64. The number of nitro benzene ring substituents is 1. The van der Waals surface area contributed by atoms with E-state index in [0.717, 1.165) is 56.3 Å². The van der Waals surface area contributed by atoms with E-state index in [2.05, 4.69) is 9.88 Å². The molecule has 2 bridgehead atoms. The molecule has 15 heteroatoms. The number of amides is 1. The standard InChI is InChI=1S/C31H32F2N4O8S/c1-2-25(23-8-5-20(16-34-23)43-17-19-3-4-19)44-27-10-7-22(28(32)29(27)33)30(38)35-46(41,42)21-6-9-26(24(15-21)37(39)40)45-31-11-13-36(18-31)14-12-31/h5-10,15-16,19,25H,2-4,11-14,17-18H2,1H3,(H,35,38)/t25-/m1/s1. The molecule has 46 heavy (non-hydrogen) atoms. The van der Waals surface area contributed by atoms with Crippen LogP contribution in [-0.2, 0) is 10.0 Å². The molecule has 1 saturated carbocycles. The lowest BCUT2D eigenvalue weighted by molar-refractivity contribution is -0.386. The summed E-state index contributed by atoms with van der Waals surface area (Å²) in [5, 5.41) is 11.8. The molecule has 2 aromatic carbocycles. The molecule has 244 valence electrons. The minimum Gasteiger partial charge on any atom is -0.492 e. The number of piperidine rings is 1. The van der Waals surface area contributed by atoms with Crippen molar-refractivity contribution in [3.63, 3.8) is 0 Å². The topological polar surface area (TPSA) is 150 Å². The van der Waals surface area contributed by atoms with Gasteiger partial charge in [0.2, 0.25) is 5.82 Å². The zero-order valence-electron chi connectivity index (χ0n) is 24.9. The predicted molar refractivity (Wildman–Crippen MR) is 159 cm³/mol. The van der Waals surface area contributed by atoms with Gasteiger partial charge in [-0.2, -0.15) is 4.39 Å². The Morgan fingerprint density at radius 1 is 1.13 bits per heavy atom. The van der Waals surface area contributed by atoms with Crippen LogP contribution >= 0.6 is 0 Å². The van der Waals surface area contributed by atoms with Gasteiger partial charge in [0.05, 0.1) is 33.9 Å². The Kier molecular flexibility index (Phi) is 8.55. The fraction of sp³-hybridized carbons (Fsp3) is 0.419. The largest absolute Gasteiger partial charge is 0.492 e. The Bertz CT molecular complexity index is 1760. The number of ether oxygens (including phenoxy) is 3. The lowest BCUT2D eigenvalue weighted by atomic mass is 9.99. The van der Waals surface area contributed by atoms with Gasteiger partial charge in [-0.25, -0.2) is 17.5 Å². The summed E-state index contributed by atoms with van der Waals surface area (Å²) in [6.45, 7) is 4.60. The van der Waals surface area contributed by atoms with Crippen LogP contribution in [0.4, 0.5) is 14.5 Å². The molecular formula is C31H32F2N4O8S. The first kappa shape index (κ1) is 31.6. The van der Waals surface area contributed by atoms with Crippen LogP contribution in [-0.4, -0.2) is 61.0 Å². The minimum absolute atomic E-state index is 0.0961. The zero-order valence-corrected chi connectivity index (χ0v) is 25.7. The SMILES string of the molecule is CC[C@@H](Oc1ccc(C(=O)NS(=O)(=O)c2ccc(OC34CCN(CC3)C4)c([N+](=O)[O-])c2)c(F)c1F)c1ccc(OCC2CC2)cn1. The molecule has 6 rings (SSSR count). The fourth-order valence-corrected chi connectivity index (χ4v) is 6.64. The third-order valence-electron chi connectivity index (χ3n) is 8.47. The van der Waals surface area contributed by atoms with E-state index in [-0.39, 0.29) is 5.75 Å². The highest BCUT2D eigenvalue weighted by Gasteiger charge is 2.46. The van der Waals surface area contributed by atoms with E-state index in [0.29, 0.717) is 49.8 Å². The van der Waals surface area contributed by atoms with Crippen LogP contribution in [0.5, 0.6) is 17.2 Å². The minimum atomic E-state index is -4.73. The number of carbonyl (C=O) groups is 1. The Hall–Kier alpha value is -4.37. The van der Waals surface area contributed by atoms with E-state index in [1.165, 1.54) is 6.20 Å². The maximum absolute atomic E-state index is 15.1. The van der Waals surface area contributed by atoms with Gasteiger partial charge in [-0.1, -0.05) is 6.92 Å². The molecule has 3 aliphatic rings. The molecule has 3 heterocycles. The summed E-state index contributed by atoms with van der Waals surface area (Å²) >= 11 is 0. The number of nitrogens with zero attached hydrogens (tertiary/aromatic N) is 3. The normalized spacial score (nSPS) is 21.1. The van der Waals surface area contributed by atoms with Crippen molar-refractivity contribution in [1.82, 2.24) is 14.6 Å². The number of hydrogen-bond acceptors (Lipinski definition) is 10. The van der Waals surface area contributed by atoms with Gasteiger partial charge in [-0.05, 0) is 61.6 Å². The molecular weight excluding hydrogens is 626 g/mol. The third-order valence-corrected chi connectivity index (χ3v) is 9.80. The van der Waals surface area contributed by atoms with E-state index in [4.69, 9.17) is 14.2 Å². The first-order chi connectivity index (χ1) is 22.0. The van der Waals surface area contributed by atoms with Gasteiger partial charge >= 0.3 is 5.69 Å². The van der Waals surface area contributed by atoms with E-state index in [1.54, 1.807) is 23.8 Å². The van der Waals surface area contributed by atoms with Crippen LogP contribution in [0, 0.1) is 27.7 Å². The number of sulfonamides is 1. The molecule has 2 aliphatic heterocycles. The van der Waals surface area contributed by atoms with Crippen molar-refractivity contribution in [2.75, 3.05) is 26.2 Å². The lowest BCUT2D eigenvalue weighted by Crippen LogP contribution is -2.35. The highest BCUT2D eigenvalue weighted by molar-refractivity contribution is 7.90. The molecule has 1 aliphatic carbocycles. The number of hydrogen-bond donors (Lipinski definition) is 1. The summed E-state index contributed by atoms with van der Waals surface area (Å²) in [7, 11) is -4.73. The Labute approximate surface area is 263 Å². The zero-order chi connectivity index (χ0) is 32.6. The summed E-state index contributed by atoms with van der Waals surface area (Å²) in [4.78, 5) is 29.7. The summed E-state index contributed by atoms with van der Waals surface area (Å²) in [6, 6.07) is 8.26. The van der Waals surface area contributed by atoms with Gasteiger partial charge in [0.1, 0.15) is 17.5 Å². The molecule has 3 aromatic rings. The molecule has 0 unspecified atom stereocenters. The lowest BCUT2D eigenvalue weighted by Gasteiger charge is -2.26. The molecule has 2 saturated heterocycles. The monoisotopic (exact) mass is 658 g/mol. The number of nitro groups is 1. The number of carbonyl (C=O) groups excluding carboxylic acids is 1. The van der Waals surface area contributed by atoms with Crippen molar-refractivity contribution in [3.05, 3.63) is 81.7 Å². The van der Waals surface area contributed by atoms with E-state index in [1.807, 2.05) is 0 Å². The van der Waals surface area contributed by atoms with Crippen LogP contribution in [0.1, 0.15) is 61.2 Å². The van der Waals surface area contributed by atoms with Gasteiger partial charge in [-0.3, -0.25) is 24.8 Å². The second-order valence-corrected chi connectivity index (χ2v) is 13.5. The summed E-state index contributed by atoms with van der Waals surface area (Å²) in [6.07, 6.45) is 4.78. The van der Waals surface area contributed by atoms with Crippen molar-refractivity contribution in [3.8, 4) is 17.2 Å². The number of aromatic nitrogens is 1. The van der Waals surface area contributed by atoms with Crippen LogP contribution < -0.4 is 18.9 Å². The van der Waals surface area contributed by atoms with Crippen molar-refractivity contribution >= 4 is 21.6 Å². The first-order valence-electron chi connectivity index (χ1n) is 15.0. The van der Waals surface area contributed by atoms with Gasteiger partial charge in [0.25, 0.3) is 15.9 Å². The van der Waals surface area contributed by atoms with Crippen molar-refractivity contribution in [2.24, 2.45) is 5.92 Å². The van der Waals surface area contributed by atoms with E-state index < -0.39 is 66.1 Å². The molecule has 1 aromatic heterocycles. The average molecular weight is 659 g/mol. The molecule has 1 atom stereocenters. The van der Waals surface area contributed by atoms with Crippen molar-refractivity contribution < 1.29 is 41.1 Å². The van der Waals surface area contributed by atoms with Crippen LogP contribution in [0.3, 0.4) is 0 Å². The second kappa shape index (κ2) is 12.4. The Morgan fingerprint density at radius 2 is 1.87 bits per heavy atom. The van der Waals surface area contributed by atoms with Crippen LogP contribution in [0.15, 0.2) is 53.6 Å². The van der Waals surface area contributed by atoms with E-state index in [9.17, 15) is 23.3 Å². The van der Waals surface area contributed by atoms with Gasteiger partial charge in [-0.15, -0.1) is 0 Å². The molecule has 1 N–H and O–H groups in total. The highest BCUT2D eigenvalue weighted by atomic mass is 32.2. The summed E-state index contributed by atoms with van der Waals surface area (Å²) < 4.78 is 75.2. The molecule has 0 radical (unpaired) electrons. The molecule has 1 amide bonds. The van der Waals surface area contributed by atoms with Crippen LogP contribution in [0.2, 0.25) is 0 Å². The third kappa shape index (κ3) is 6.60. The Morgan fingerprint density at radius 3 is 2.48 bits per heavy atom. The van der Waals surface area contributed by atoms with Crippen LogP contribution in [0.25, 0.3) is 0 Å². The number of rotatable bonds is 13. The molecule has 0 spiro atoms. The first-order valence-corrected chi connectivity index (χ1v) is 16.5. The number of fused-ring (bicyclic) bond motifs is 2. The molecule has 12 nitrogen and oxygen atoms in total. The predicted octanol–water partition coefficient (Wildman–Crippen LogP) is 4.93. The highest BCUT2D eigenvalue weighted by Crippen LogP contribution is 2.40. The Balaban J connectivity index is 1.15. The van der Waals surface area contributed by atoms with Gasteiger partial charge in [0.15, 0.2) is 17.3 Å². The summed E-state index contributed by atoms with van der Waals surface area (Å²) in [5.74, 6) is -4.05. The maximum Gasteiger partial charge on any atom is 0.312 e. The molecule has 3 fully saturated rings. The maximum atomic E-state index is 15.1. The van der Waals surface area contributed by atoms with Crippen molar-refractivity contribution in [1.29, 1.82) is 0 Å². The van der Waals surface area contributed by atoms with Gasteiger partial charge in [0, 0.05) is 38.5 Å². The fourth-order valence-electron chi connectivity index (χ4n) is 5.65. The van der Waals surface area contributed by atoms with E-state index >= 15 is 8.78 Å². The van der Waals surface area contributed by atoms with Gasteiger partial charge < -0.3 is 14.2 Å². The van der Waals surface area contributed by atoms with Crippen molar-refractivity contribution in [2.45, 2.75) is 55.6 Å². The quantitative estimate of drug-likeness (QED) is 0.198. The number of nitrogens with one attached hydrogen (secondary N) is 1. The average Bonchev–Trinajstić information content (AvgIpc) is 3.67. The number of benzene rings is 2. The number of pyridine rings is 1. The second-order valence-electron chi connectivity index (χ2n) is 11.8. The smallest absolute Gasteiger partial charge is 0.312 e.